The van der Waals surface area contributed by atoms with Crippen molar-refractivity contribution in [2.24, 2.45) is 0 Å². The van der Waals surface area contributed by atoms with E-state index in [0.717, 1.165) is 24.3 Å². The molecule has 3 heteroatoms. The smallest absolute Gasteiger partial charge is 0.0445 e. The Morgan fingerprint density at radius 3 is 2.72 bits per heavy atom. The number of nitrogens with one attached hydrogen (secondary N) is 1. The molecule has 0 spiro atoms. The summed E-state index contributed by atoms with van der Waals surface area (Å²) < 4.78 is 0. The van der Waals surface area contributed by atoms with Crippen molar-refractivity contribution in [3.05, 3.63) is 23.5 Å². The Labute approximate surface area is 110 Å². The van der Waals surface area contributed by atoms with Crippen LogP contribution >= 0.6 is 0 Å². The van der Waals surface area contributed by atoms with Crippen molar-refractivity contribution in [3.8, 4) is 0 Å². The fraction of sp³-hybridized carbons (Fsp3) is 0.667. The molecular weight excluding hydrogens is 222 g/mol. The van der Waals surface area contributed by atoms with E-state index < -0.39 is 0 Å². The topological polar surface area (TPSA) is 28.2 Å². The normalized spacial score (nSPS) is 19.7. The van der Waals surface area contributed by atoms with E-state index in [2.05, 4.69) is 41.4 Å². The number of aryl methyl sites for hydroxylation is 1. The summed E-state index contributed by atoms with van der Waals surface area (Å²) in [6.45, 7) is 3.04. The van der Waals surface area contributed by atoms with Crippen LogP contribution in [0.25, 0.3) is 0 Å². The minimum Gasteiger partial charge on any atom is -0.371 e. The minimum atomic E-state index is 0.742. The van der Waals surface area contributed by atoms with Crippen LogP contribution in [-0.4, -0.2) is 24.1 Å². The number of nitrogens with zero attached hydrogens (tertiary/aromatic N) is 2. The Bertz CT molecular complexity index is 422. The van der Waals surface area contributed by atoms with Gasteiger partial charge in [0.2, 0.25) is 0 Å². The van der Waals surface area contributed by atoms with E-state index in [1.165, 1.54) is 43.4 Å². The first kappa shape index (κ1) is 12.0. The van der Waals surface area contributed by atoms with Crippen LogP contribution in [0.5, 0.6) is 0 Å². The highest BCUT2D eigenvalue weighted by Crippen LogP contribution is 2.31. The van der Waals surface area contributed by atoms with Crippen LogP contribution in [-0.2, 0) is 6.54 Å². The standard InChI is InChI=1S/C15H23N3/c1-11-8-15(18(2)14-4-3-5-14)12(9-16-11)10-17-13-6-7-13/h8-9,13-14,17H,3-7,10H2,1-2H3. The zero-order valence-electron chi connectivity index (χ0n) is 11.4. The molecule has 18 heavy (non-hydrogen) atoms. The summed E-state index contributed by atoms with van der Waals surface area (Å²) in [7, 11) is 2.24. The Kier molecular flexibility index (Phi) is 3.25. The van der Waals surface area contributed by atoms with E-state index in [1.54, 1.807) is 0 Å². The number of pyridine rings is 1. The van der Waals surface area contributed by atoms with Crippen LogP contribution in [0.3, 0.4) is 0 Å². The van der Waals surface area contributed by atoms with Gasteiger partial charge in [0.15, 0.2) is 0 Å². The lowest BCUT2D eigenvalue weighted by molar-refractivity contribution is 0.400. The third kappa shape index (κ3) is 2.51. The SMILES string of the molecule is Cc1cc(N(C)C2CCC2)c(CNC2CC2)cn1. The molecule has 3 nitrogen and oxygen atoms in total. The minimum absolute atomic E-state index is 0.742. The molecule has 1 heterocycles. The molecule has 0 radical (unpaired) electrons. The van der Waals surface area contributed by atoms with Gasteiger partial charge in [-0.2, -0.15) is 0 Å². The van der Waals surface area contributed by atoms with Gasteiger partial charge in [-0.15, -0.1) is 0 Å². The number of rotatable bonds is 5. The highest BCUT2D eigenvalue weighted by Gasteiger charge is 2.25. The molecule has 2 saturated carbocycles. The molecule has 0 unspecified atom stereocenters. The van der Waals surface area contributed by atoms with E-state index in [0.29, 0.717) is 0 Å². The Morgan fingerprint density at radius 2 is 2.11 bits per heavy atom. The average molecular weight is 245 g/mol. The van der Waals surface area contributed by atoms with Crippen molar-refractivity contribution < 1.29 is 0 Å². The summed E-state index contributed by atoms with van der Waals surface area (Å²) in [6.07, 6.45) is 8.80. The molecule has 0 saturated heterocycles. The van der Waals surface area contributed by atoms with Crippen molar-refractivity contribution in [2.45, 2.75) is 57.7 Å². The molecule has 0 aromatic carbocycles. The third-order valence-corrected chi connectivity index (χ3v) is 4.26. The maximum Gasteiger partial charge on any atom is 0.0445 e. The van der Waals surface area contributed by atoms with Gasteiger partial charge in [-0.05, 0) is 45.1 Å². The second-order valence-electron chi connectivity index (χ2n) is 5.81. The summed E-state index contributed by atoms with van der Waals surface area (Å²) in [5.41, 5.74) is 3.84. The Balaban J connectivity index is 1.77. The van der Waals surface area contributed by atoms with E-state index >= 15 is 0 Å². The van der Waals surface area contributed by atoms with E-state index in [-0.39, 0.29) is 0 Å². The predicted octanol–water partition coefficient (Wildman–Crippen LogP) is 2.63. The van der Waals surface area contributed by atoms with Crippen LogP contribution in [0.2, 0.25) is 0 Å². The average Bonchev–Trinajstić information content (AvgIpc) is 3.08. The van der Waals surface area contributed by atoms with E-state index in [4.69, 9.17) is 0 Å². The van der Waals surface area contributed by atoms with Gasteiger partial charge in [0.25, 0.3) is 0 Å². The van der Waals surface area contributed by atoms with Gasteiger partial charge in [-0.25, -0.2) is 0 Å². The molecule has 0 amide bonds. The van der Waals surface area contributed by atoms with Crippen LogP contribution in [0.1, 0.15) is 43.4 Å². The summed E-state index contributed by atoms with van der Waals surface area (Å²) >= 11 is 0. The van der Waals surface area contributed by atoms with Crippen LogP contribution in [0.15, 0.2) is 12.3 Å². The Hall–Kier alpha value is -1.09. The first-order valence-electron chi connectivity index (χ1n) is 7.16. The molecule has 1 aromatic heterocycles. The molecule has 0 bridgehead atoms. The van der Waals surface area contributed by atoms with Crippen molar-refractivity contribution in [1.29, 1.82) is 0 Å². The van der Waals surface area contributed by atoms with E-state index in [9.17, 15) is 0 Å². The van der Waals surface area contributed by atoms with Gasteiger partial charge in [0.1, 0.15) is 0 Å². The fourth-order valence-corrected chi connectivity index (χ4v) is 2.55. The van der Waals surface area contributed by atoms with Gasteiger partial charge in [0, 0.05) is 48.8 Å². The highest BCUT2D eigenvalue weighted by atomic mass is 15.1. The molecule has 1 aromatic rings. The monoisotopic (exact) mass is 245 g/mol. The number of aromatic nitrogens is 1. The Morgan fingerprint density at radius 1 is 1.33 bits per heavy atom. The zero-order chi connectivity index (χ0) is 12.5. The highest BCUT2D eigenvalue weighted by molar-refractivity contribution is 5.54. The van der Waals surface area contributed by atoms with Crippen molar-refractivity contribution in [1.82, 2.24) is 10.3 Å². The zero-order valence-corrected chi connectivity index (χ0v) is 11.4. The van der Waals surface area contributed by atoms with Crippen molar-refractivity contribution in [2.75, 3.05) is 11.9 Å². The van der Waals surface area contributed by atoms with Gasteiger partial charge in [0.05, 0.1) is 0 Å². The molecule has 2 aliphatic carbocycles. The summed E-state index contributed by atoms with van der Waals surface area (Å²) in [5, 5.41) is 3.60. The quantitative estimate of drug-likeness (QED) is 0.864. The second-order valence-corrected chi connectivity index (χ2v) is 5.81. The second kappa shape index (κ2) is 4.88. The molecular formula is C15H23N3. The molecule has 0 atom stereocenters. The number of anilines is 1. The van der Waals surface area contributed by atoms with E-state index in [1.807, 2.05) is 0 Å². The molecule has 1 N–H and O–H groups in total. The molecule has 0 aliphatic heterocycles. The number of hydrogen-bond acceptors (Lipinski definition) is 3. The van der Waals surface area contributed by atoms with Gasteiger partial charge in [-0.3, -0.25) is 4.98 Å². The lowest BCUT2D eigenvalue weighted by Crippen LogP contribution is -2.38. The third-order valence-electron chi connectivity index (χ3n) is 4.26. The first-order valence-corrected chi connectivity index (χ1v) is 7.16. The predicted molar refractivity (Wildman–Crippen MR) is 74.9 cm³/mol. The van der Waals surface area contributed by atoms with Crippen LogP contribution < -0.4 is 10.2 Å². The van der Waals surface area contributed by atoms with Crippen LogP contribution in [0, 0.1) is 6.92 Å². The number of hydrogen-bond donors (Lipinski definition) is 1. The molecule has 3 rings (SSSR count). The largest absolute Gasteiger partial charge is 0.371 e. The summed E-state index contributed by atoms with van der Waals surface area (Å²) in [6, 6.07) is 3.74. The van der Waals surface area contributed by atoms with Crippen LogP contribution in [0.4, 0.5) is 5.69 Å². The van der Waals surface area contributed by atoms with Crippen molar-refractivity contribution >= 4 is 5.69 Å². The first-order chi connectivity index (χ1) is 8.74. The summed E-state index contributed by atoms with van der Waals surface area (Å²) in [5.74, 6) is 0. The molecule has 98 valence electrons. The van der Waals surface area contributed by atoms with Crippen molar-refractivity contribution in [3.63, 3.8) is 0 Å². The molecule has 2 fully saturated rings. The lowest BCUT2D eigenvalue weighted by Gasteiger charge is -2.37. The molecule has 2 aliphatic rings. The van der Waals surface area contributed by atoms with Gasteiger partial charge >= 0.3 is 0 Å². The van der Waals surface area contributed by atoms with Gasteiger partial charge < -0.3 is 10.2 Å². The lowest BCUT2D eigenvalue weighted by atomic mass is 9.91. The summed E-state index contributed by atoms with van der Waals surface area (Å²) in [4.78, 5) is 6.92. The maximum absolute atomic E-state index is 4.46. The van der Waals surface area contributed by atoms with Gasteiger partial charge in [-0.1, -0.05) is 0 Å². The maximum atomic E-state index is 4.46. The fourth-order valence-electron chi connectivity index (χ4n) is 2.55.